The van der Waals surface area contributed by atoms with Gasteiger partial charge in [-0.3, -0.25) is 4.79 Å². The van der Waals surface area contributed by atoms with Gasteiger partial charge in [0.1, 0.15) is 5.76 Å². The van der Waals surface area contributed by atoms with Gasteiger partial charge in [0.25, 0.3) is 5.89 Å². The first-order valence-electron chi connectivity index (χ1n) is 7.73. The number of rotatable bonds is 4. The molecule has 0 saturated heterocycles. The van der Waals surface area contributed by atoms with Crippen molar-refractivity contribution in [2.24, 2.45) is 17.8 Å². The molecule has 0 aliphatic heterocycles. The lowest BCUT2D eigenvalue weighted by Crippen LogP contribution is -2.41. The van der Waals surface area contributed by atoms with Gasteiger partial charge in [-0.1, -0.05) is 0 Å². The Morgan fingerprint density at radius 1 is 1.33 bits per heavy atom. The Bertz CT molecular complexity index is 552. The van der Waals surface area contributed by atoms with Gasteiger partial charge < -0.3 is 19.9 Å². The van der Waals surface area contributed by atoms with E-state index in [-0.39, 0.29) is 29.6 Å². The summed E-state index contributed by atoms with van der Waals surface area (Å²) in [6, 6.07) is 0. The summed E-state index contributed by atoms with van der Waals surface area (Å²) in [4.78, 5) is 16.1. The minimum absolute atomic E-state index is 0.0943. The van der Waals surface area contributed by atoms with Crippen LogP contribution in [0.2, 0.25) is 0 Å². The summed E-state index contributed by atoms with van der Waals surface area (Å²) in [5.74, 6) is 1.59. The Kier molecular flexibility index (Phi) is 3.04. The maximum atomic E-state index is 12.0. The topological polar surface area (TPSA) is 95.6 Å². The SMILES string of the molecule is O=C(NC[C@H]1C[C@@H]2C[C@H]1[C@@H](O)[C@H]2O)c1ncc(C2CC2)o1. The average molecular weight is 292 g/mol. The zero-order valence-corrected chi connectivity index (χ0v) is 11.7. The standard InChI is InChI=1S/C15H20N2O4/c18-12-8-3-9(10(4-8)13(12)19)5-16-14(20)15-17-6-11(21-15)7-1-2-7/h6-10,12-13,18-19H,1-5H2,(H,16,20)/t8-,9-,10-,12+,13-/m1/s1. The van der Waals surface area contributed by atoms with E-state index in [9.17, 15) is 15.0 Å². The van der Waals surface area contributed by atoms with Crippen molar-refractivity contribution in [2.45, 2.75) is 43.8 Å². The Labute approximate surface area is 122 Å². The molecule has 1 amide bonds. The quantitative estimate of drug-likeness (QED) is 0.757. The van der Waals surface area contributed by atoms with Crippen LogP contribution in [0, 0.1) is 17.8 Å². The molecule has 6 heteroatoms. The fourth-order valence-corrected chi connectivity index (χ4v) is 3.91. The van der Waals surface area contributed by atoms with Crippen LogP contribution in [-0.4, -0.2) is 39.9 Å². The van der Waals surface area contributed by atoms with E-state index in [1.54, 1.807) is 6.20 Å². The number of aromatic nitrogens is 1. The highest BCUT2D eigenvalue weighted by Crippen LogP contribution is 2.48. The molecule has 2 bridgehead atoms. The fraction of sp³-hybridized carbons (Fsp3) is 0.733. The third-order valence-electron chi connectivity index (χ3n) is 5.28. The van der Waals surface area contributed by atoms with Crippen molar-refractivity contribution in [3.05, 3.63) is 17.8 Å². The summed E-state index contributed by atoms with van der Waals surface area (Å²) in [5.41, 5.74) is 0. The summed E-state index contributed by atoms with van der Waals surface area (Å²) in [6.07, 6.45) is 4.35. The highest BCUT2D eigenvalue weighted by molar-refractivity contribution is 5.89. The fourth-order valence-electron chi connectivity index (χ4n) is 3.91. The Morgan fingerprint density at radius 3 is 2.81 bits per heavy atom. The molecule has 0 spiro atoms. The Hall–Kier alpha value is -1.40. The maximum absolute atomic E-state index is 12.0. The molecule has 0 unspecified atom stereocenters. The highest BCUT2D eigenvalue weighted by Gasteiger charge is 2.51. The van der Waals surface area contributed by atoms with Crippen LogP contribution in [-0.2, 0) is 0 Å². The lowest BCUT2D eigenvalue weighted by molar-refractivity contribution is -0.0332. The van der Waals surface area contributed by atoms with Gasteiger partial charge in [0.15, 0.2) is 0 Å². The number of carbonyl (C=O) groups is 1. The smallest absolute Gasteiger partial charge is 0.307 e. The number of hydrogen-bond acceptors (Lipinski definition) is 5. The van der Waals surface area contributed by atoms with E-state index in [0.717, 1.165) is 31.4 Å². The Morgan fingerprint density at radius 2 is 2.14 bits per heavy atom. The van der Waals surface area contributed by atoms with Crippen LogP contribution in [0.15, 0.2) is 10.6 Å². The molecule has 0 aromatic carbocycles. The van der Waals surface area contributed by atoms with Gasteiger partial charge >= 0.3 is 5.91 Å². The van der Waals surface area contributed by atoms with E-state index in [0.29, 0.717) is 12.5 Å². The molecule has 1 aromatic rings. The molecule has 3 saturated carbocycles. The number of nitrogens with one attached hydrogen (secondary N) is 1. The molecule has 3 aliphatic carbocycles. The predicted octanol–water partition coefficient (Wildman–Crippen LogP) is 0.660. The monoisotopic (exact) mass is 292 g/mol. The van der Waals surface area contributed by atoms with E-state index >= 15 is 0 Å². The predicted molar refractivity (Wildman–Crippen MR) is 72.5 cm³/mol. The van der Waals surface area contributed by atoms with Crippen molar-refractivity contribution < 1.29 is 19.4 Å². The van der Waals surface area contributed by atoms with E-state index in [4.69, 9.17) is 4.42 Å². The van der Waals surface area contributed by atoms with Gasteiger partial charge in [0, 0.05) is 12.5 Å². The van der Waals surface area contributed by atoms with Crippen LogP contribution >= 0.6 is 0 Å². The summed E-state index contributed by atoms with van der Waals surface area (Å²) >= 11 is 0. The van der Waals surface area contributed by atoms with Crippen LogP contribution in [0.3, 0.4) is 0 Å². The van der Waals surface area contributed by atoms with Crippen LogP contribution in [0.1, 0.15) is 48.0 Å². The number of aliphatic hydroxyl groups excluding tert-OH is 2. The summed E-state index contributed by atoms with van der Waals surface area (Å²) in [6.45, 7) is 0.505. The van der Waals surface area contributed by atoms with Crippen molar-refractivity contribution in [3.8, 4) is 0 Å². The first kappa shape index (κ1) is 13.3. The average Bonchev–Trinajstić information content (AvgIpc) is 2.97. The third kappa shape index (κ3) is 2.26. The first-order valence-corrected chi connectivity index (χ1v) is 7.73. The number of hydrogen-bond donors (Lipinski definition) is 3. The molecule has 3 N–H and O–H groups in total. The van der Waals surface area contributed by atoms with Crippen LogP contribution < -0.4 is 5.32 Å². The molecule has 3 fully saturated rings. The van der Waals surface area contributed by atoms with Gasteiger partial charge in [0.2, 0.25) is 0 Å². The molecule has 1 aromatic heterocycles. The number of aliphatic hydroxyl groups is 2. The van der Waals surface area contributed by atoms with E-state index < -0.39 is 12.2 Å². The molecular formula is C15H20N2O4. The second-order valence-electron chi connectivity index (χ2n) is 6.69. The van der Waals surface area contributed by atoms with Crippen molar-refractivity contribution in [1.29, 1.82) is 0 Å². The van der Waals surface area contributed by atoms with E-state index in [1.807, 2.05) is 0 Å². The number of nitrogens with zero attached hydrogens (tertiary/aromatic N) is 1. The molecule has 0 radical (unpaired) electrons. The van der Waals surface area contributed by atoms with Crippen LogP contribution in [0.5, 0.6) is 0 Å². The van der Waals surface area contributed by atoms with Gasteiger partial charge in [0.05, 0.1) is 18.4 Å². The lowest BCUT2D eigenvalue weighted by Gasteiger charge is -2.29. The molecular weight excluding hydrogens is 272 g/mol. The van der Waals surface area contributed by atoms with Gasteiger partial charge in [-0.15, -0.1) is 0 Å². The number of oxazole rings is 1. The number of carbonyl (C=O) groups excluding carboxylic acids is 1. The van der Waals surface area contributed by atoms with E-state index in [1.165, 1.54) is 0 Å². The van der Waals surface area contributed by atoms with Crippen LogP contribution in [0.4, 0.5) is 0 Å². The molecule has 6 nitrogen and oxygen atoms in total. The first-order chi connectivity index (χ1) is 10.1. The number of amides is 1. The van der Waals surface area contributed by atoms with Crippen molar-refractivity contribution >= 4 is 5.91 Å². The largest absolute Gasteiger partial charge is 0.437 e. The summed E-state index contributed by atoms with van der Waals surface area (Å²) in [7, 11) is 0. The normalized spacial score (nSPS) is 37.9. The van der Waals surface area contributed by atoms with Crippen molar-refractivity contribution in [3.63, 3.8) is 0 Å². The summed E-state index contributed by atoms with van der Waals surface area (Å²) in [5, 5.41) is 22.5. The van der Waals surface area contributed by atoms with Gasteiger partial charge in [-0.05, 0) is 43.4 Å². The summed E-state index contributed by atoms with van der Waals surface area (Å²) < 4.78 is 5.47. The minimum atomic E-state index is -0.645. The van der Waals surface area contributed by atoms with Crippen molar-refractivity contribution in [2.75, 3.05) is 6.54 Å². The number of fused-ring (bicyclic) bond motifs is 2. The molecule has 21 heavy (non-hydrogen) atoms. The second kappa shape index (κ2) is 4.81. The molecule has 114 valence electrons. The third-order valence-corrected chi connectivity index (χ3v) is 5.28. The molecule has 3 aliphatic rings. The maximum Gasteiger partial charge on any atom is 0.307 e. The van der Waals surface area contributed by atoms with Gasteiger partial charge in [-0.25, -0.2) is 4.98 Å². The zero-order valence-electron chi connectivity index (χ0n) is 11.7. The highest BCUT2D eigenvalue weighted by atomic mass is 16.4. The minimum Gasteiger partial charge on any atom is -0.437 e. The second-order valence-corrected chi connectivity index (χ2v) is 6.69. The van der Waals surface area contributed by atoms with Crippen LogP contribution in [0.25, 0.3) is 0 Å². The molecule has 5 atom stereocenters. The van der Waals surface area contributed by atoms with E-state index in [2.05, 4.69) is 10.3 Å². The molecule has 4 rings (SSSR count). The molecule has 1 heterocycles. The van der Waals surface area contributed by atoms with Crippen molar-refractivity contribution in [1.82, 2.24) is 10.3 Å². The van der Waals surface area contributed by atoms with Gasteiger partial charge in [-0.2, -0.15) is 0 Å². The zero-order chi connectivity index (χ0) is 14.6. The lowest BCUT2D eigenvalue weighted by atomic mass is 9.85. The Balaban J connectivity index is 1.33.